The van der Waals surface area contributed by atoms with E-state index in [2.05, 4.69) is 39.7 Å². The minimum absolute atomic E-state index is 0.0342. The molecule has 0 spiro atoms. The zero-order chi connectivity index (χ0) is 20.5. The first kappa shape index (κ1) is 20.1. The summed E-state index contributed by atoms with van der Waals surface area (Å²) in [4.78, 5) is 37.3. The van der Waals surface area contributed by atoms with Crippen LogP contribution in [0, 0.1) is 37.5 Å². The first-order valence-corrected chi connectivity index (χ1v) is 11.3. The standard InChI is InChI=1S/C21H29N5O2S/c1-4-22-21(24-11-16-25-12(2)13(3)29-16)23-8-5-9-26-19(27)17-14-6-7-15(10-14)18(17)20(26)28/h6-7,14-15,17-18H,4-5,8-11H2,1-3H3,(H2,22,23,24). The molecule has 3 aliphatic rings. The smallest absolute Gasteiger partial charge is 0.233 e. The molecule has 1 saturated carbocycles. The van der Waals surface area contributed by atoms with Crippen LogP contribution in [0.3, 0.4) is 0 Å². The quantitative estimate of drug-likeness (QED) is 0.234. The number of aryl methyl sites for hydroxylation is 2. The number of thiazole rings is 1. The maximum absolute atomic E-state index is 12.7. The Morgan fingerprint density at radius 2 is 1.90 bits per heavy atom. The Balaban J connectivity index is 1.27. The van der Waals surface area contributed by atoms with Crippen molar-refractivity contribution in [2.24, 2.45) is 28.7 Å². The normalized spacial score (nSPS) is 27.8. The topological polar surface area (TPSA) is 86.7 Å². The number of amides is 2. The molecule has 4 atom stereocenters. The molecular weight excluding hydrogens is 386 g/mol. The van der Waals surface area contributed by atoms with Crippen molar-refractivity contribution in [3.8, 4) is 0 Å². The number of rotatable bonds is 7. The minimum atomic E-state index is -0.102. The summed E-state index contributed by atoms with van der Waals surface area (Å²) >= 11 is 1.67. The summed E-state index contributed by atoms with van der Waals surface area (Å²) in [6, 6.07) is 0. The van der Waals surface area contributed by atoms with Gasteiger partial charge in [-0.3, -0.25) is 14.5 Å². The molecule has 2 bridgehead atoms. The second-order valence-electron chi connectivity index (χ2n) is 8.05. The second-order valence-corrected chi connectivity index (χ2v) is 9.34. The fourth-order valence-electron chi connectivity index (χ4n) is 4.72. The summed E-state index contributed by atoms with van der Waals surface area (Å²) in [6.45, 7) is 8.54. The number of carbonyl (C=O) groups excluding carboxylic acids is 2. The summed E-state index contributed by atoms with van der Waals surface area (Å²) in [6.07, 6.45) is 5.95. The molecule has 1 aromatic rings. The number of imide groups is 1. The zero-order valence-corrected chi connectivity index (χ0v) is 18.1. The summed E-state index contributed by atoms with van der Waals surface area (Å²) in [5, 5.41) is 7.53. The lowest BCUT2D eigenvalue weighted by Gasteiger charge is -2.18. The van der Waals surface area contributed by atoms with Crippen molar-refractivity contribution < 1.29 is 9.59 Å². The summed E-state index contributed by atoms with van der Waals surface area (Å²) in [5.41, 5.74) is 1.06. The van der Waals surface area contributed by atoms with E-state index in [9.17, 15) is 9.59 Å². The van der Waals surface area contributed by atoms with Crippen LogP contribution in [0.5, 0.6) is 0 Å². The number of aliphatic imine (C=N–C) groups is 1. The summed E-state index contributed by atoms with van der Waals surface area (Å²) < 4.78 is 0. The van der Waals surface area contributed by atoms with E-state index in [1.807, 2.05) is 13.8 Å². The van der Waals surface area contributed by atoms with Crippen molar-refractivity contribution in [2.75, 3.05) is 19.6 Å². The summed E-state index contributed by atoms with van der Waals surface area (Å²) in [5.74, 6) is 1.14. The largest absolute Gasteiger partial charge is 0.357 e. The van der Waals surface area contributed by atoms with Crippen molar-refractivity contribution in [2.45, 2.75) is 40.2 Å². The average Bonchev–Trinajstić information content (AvgIpc) is 3.44. The number of likely N-dealkylation sites (tertiary alicyclic amines) is 1. The first-order valence-electron chi connectivity index (χ1n) is 10.5. The van der Waals surface area contributed by atoms with Gasteiger partial charge in [0.2, 0.25) is 11.8 Å². The fourth-order valence-corrected chi connectivity index (χ4v) is 5.58. The maximum Gasteiger partial charge on any atom is 0.233 e. The number of aromatic nitrogens is 1. The number of nitrogens with zero attached hydrogens (tertiary/aromatic N) is 3. The highest BCUT2D eigenvalue weighted by molar-refractivity contribution is 7.11. The van der Waals surface area contributed by atoms with Gasteiger partial charge in [0, 0.05) is 24.5 Å². The van der Waals surface area contributed by atoms with Gasteiger partial charge in [-0.2, -0.15) is 0 Å². The lowest BCUT2D eigenvalue weighted by atomic mass is 9.85. The monoisotopic (exact) mass is 415 g/mol. The van der Waals surface area contributed by atoms with Crippen LogP contribution >= 0.6 is 11.3 Å². The Bertz CT molecular complexity index is 812. The van der Waals surface area contributed by atoms with Gasteiger partial charge in [0.25, 0.3) is 0 Å². The first-order chi connectivity index (χ1) is 14.0. The van der Waals surface area contributed by atoms with Gasteiger partial charge in [0.05, 0.1) is 24.1 Å². The Morgan fingerprint density at radius 1 is 1.21 bits per heavy atom. The Labute approximate surface area is 175 Å². The van der Waals surface area contributed by atoms with Gasteiger partial charge in [-0.15, -0.1) is 11.3 Å². The predicted octanol–water partition coefficient (Wildman–Crippen LogP) is 2.01. The second kappa shape index (κ2) is 8.26. The molecule has 0 aromatic carbocycles. The molecule has 2 amide bonds. The number of hydrogen-bond acceptors (Lipinski definition) is 5. The third-order valence-electron chi connectivity index (χ3n) is 6.20. The Morgan fingerprint density at radius 3 is 2.48 bits per heavy atom. The molecule has 2 N–H and O–H groups in total. The SMILES string of the molecule is CCNC(=NCc1nc(C)c(C)s1)NCCCN1C(=O)C2C3C=CC(C3)C2C1=O. The van der Waals surface area contributed by atoms with E-state index < -0.39 is 0 Å². The minimum Gasteiger partial charge on any atom is -0.357 e. The number of carbonyl (C=O) groups is 2. The van der Waals surface area contributed by atoms with E-state index in [1.165, 1.54) is 9.78 Å². The lowest BCUT2D eigenvalue weighted by Crippen LogP contribution is -2.40. The van der Waals surface area contributed by atoms with Crippen LogP contribution < -0.4 is 10.6 Å². The zero-order valence-electron chi connectivity index (χ0n) is 17.3. The van der Waals surface area contributed by atoms with Crippen molar-refractivity contribution in [1.82, 2.24) is 20.5 Å². The molecular formula is C21H29N5O2S. The molecule has 8 heteroatoms. The molecule has 2 heterocycles. The van der Waals surface area contributed by atoms with Crippen LogP contribution in [0.1, 0.15) is 35.3 Å². The number of fused-ring (bicyclic) bond motifs is 5. The molecule has 1 saturated heterocycles. The van der Waals surface area contributed by atoms with Crippen molar-refractivity contribution in [3.05, 3.63) is 27.7 Å². The van der Waals surface area contributed by atoms with E-state index in [-0.39, 0.29) is 35.5 Å². The van der Waals surface area contributed by atoms with E-state index >= 15 is 0 Å². The highest BCUT2D eigenvalue weighted by Gasteiger charge is 2.58. The predicted molar refractivity (Wildman–Crippen MR) is 113 cm³/mol. The van der Waals surface area contributed by atoms with E-state index in [1.54, 1.807) is 11.3 Å². The fraction of sp³-hybridized carbons (Fsp3) is 0.619. The van der Waals surface area contributed by atoms with Crippen LogP contribution in [0.25, 0.3) is 0 Å². The van der Waals surface area contributed by atoms with Crippen molar-refractivity contribution in [1.29, 1.82) is 0 Å². The van der Waals surface area contributed by atoms with E-state index in [0.29, 0.717) is 26.1 Å². The van der Waals surface area contributed by atoms with Crippen molar-refractivity contribution >= 4 is 29.1 Å². The van der Waals surface area contributed by atoms with Gasteiger partial charge in [0.15, 0.2) is 5.96 Å². The highest BCUT2D eigenvalue weighted by Crippen LogP contribution is 2.52. The van der Waals surface area contributed by atoms with Crippen molar-refractivity contribution in [3.63, 3.8) is 0 Å². The molecule has 4 rings (SSSR count). The molecule has 2 aliphatic carbocycles. The third-order valence-corrected chi connectivity index (χ3v) is 7.26. The lowest BCUT2D eigenvalue weighted by molar-refractivity contribution is -0.140. The molecule has 1 aliphatic heterocycles. The van der Waals surface area contributed by atoms with Crippen LogP contribution in [-0.4, -0.2) is 47.3 Å². The van der Waals surface area contributed by atoms with Gasteiger partial charge in [0.1, 0.15) is 5.01 Å². The number of hydrogen-bond donors (Lipinski definition) is 2. The van der Waals surface area contributed by atoms with Crippen LogP contribution in [0.2, 0.25) is 0 Å². The van der Waals surface area contributed by atoms with Gasteiger partial charge < -0.3 is 10.6 Å². The van der Waals surface area contributed by atoms with Gasteiger partial charge in [-0.25, -0.2) is 9.98 Å². The average molecular weight is 416 g/mol. The number of nitrogens with one attached hydrogen (secondary N) is 2. The molecule has 0 radical (unpaired) electrons. The Hall–Kier alpha value is -2.22. The summed E-state index contributed by atoms with van der Waals surface area (Å²) in [7, 11) is 0. The van der Waals surface area contributed by atoms with Crippen LogP contribution in [0.15, 0.2) is 17.1 Å². The molecule has 29 heavy (non-hydrogen) atoms. The van der Waals surface area contributed by atoms with E-state index in [0.717, 1.165) is 29.6 Å². The highest BCUT2D eigenvalue weighted by atomic mass is 32.1. The molecule has 2 fully saturated rings. The molecule has 7 nitrogen and oxygen atoms in total. The number of guanidine groups is 1. The number of allylic oxidation sites excluding steroid dienone is 2. The molecule has 156 valence electrons. The van der Waals surface area contributed by atoms with Crippen LogP contribution in [-0.2, 0) is 16.1 Å². The maximum atomic E-state index is 12.7. The van der Waals surface area contributed by atoms with Gasteiger partial charge in [-0.1, -0.05) is 12.2 Å². The Kier molecular flexibility index (Phi) is 5.72. The van der Waals surface area contributed by atoms with E-state index in [4.69, 9.17) is 0 Å². The van der Waals surface area contributed by atoms with Gasteiger partial charge in [-0.05, 0) is 45.4 Å². The van der Waals surface area contributed by atoms with Crippen LogP contribution in [0.4, 0.5) is 0 Å². The van der Waals surface area contributed by atoms with Gasteiger partial charge >= 0.3 is 0 Å². The molecule has 1 aromatic heterocycles. The third kappa shape index (κ3) is 3.82. The molecule has 4 unspecified atom stereocenters.